The number of ether oxygens (including phenoxy) is 1. The molecule has 0 radical (unpaired) electrons. The Bertz CT molecular complexity index is 326. The van der Waals surface area contributed by atoms with Crippen molar-refractivity contribution in [3.8, 4) is 5.75 Å². The molecule has 0 heterocycles. The normalized spacial score (nSPS) is 10.4. The first-order valence-corrected chi connectivity index (χ1v) is 5.31. The molecule has 0 aliphatic carbocycles. The number of rotatable bonds is 5. The van der Waals surface area contributed by atoms with Gasteiger partial charge in [0, 0.05) is 0 Å². The van der Waals surface area contributed by atoms with Gasteiger partial charge in [0.25, 0.3) is 0 Å². The fourth-order valence-corrected chi connectivity index (χ4v) is 1.59. The van der Waals surface area contributed by atoms with Gasteiger partial charge in [0.1, 0.15) is 0 Å². The smallest absolute Gasteiger partial charge is 0.165 e. The molecule has 0 saturated carbocycles. The topological polar surface area (TPSA) is 35.2 Å². The summed E-state index contributed by atoms with van der Waals surface area (Å²) in [4.78, 5) is 0. The van der Waals surface area contributed by atoms with Crippen molar-refractivity contribution in [2.75, 3.05) is 13.2 Å². The molecular weight excluding hydrogens is 193 g/mol. The van der Waals surface area contributed by atoms with Crippen LogP contribution >= 0.6 is 0 Å². The lowest BCUT2D eigenvalue weighted by Gasteiger charge is -2.11. The van der Waals surface area contributed by atoms with E-state index in [1.807, 2.05) is 19.9 Å². The highest BCUT2D eigenvalue weighted by atomic mass is 19.1. The Labute approximate surface area is 90.2 Å². The van der Waals surface area contributed by atoms with Crippen LogP contribution in [0.3, 0.4) is 0 Å². The quantitative estimate of drug-likeness (QED) is 0.811. The maximum Gasteiger partial charge on any atom is 0.165 e. The minimum Gasteiger partial charge on any atom is -0.491 e. The van der Waals surface area contributed by atoms with Crippen molar-refractivity contribution in [2.24, 2.45) is 5.73 Å². The summed E-state index contributed by atoms with van der Waals surface area (Å²) in [5, 5.41) is 0. The zero-order valence-corrected chi connectivity index (χ0v) is 9.35. The van der Waals surface area contributed by atoms with Crippen LogP contribution < -0.4 is 10.5 Å². The summed E-state index contributed by atoms with van der Waals surface area (Å²) in [6, 6.07) is 3.46. The van der Waals surface area contributed by atoms with Gasteiger partial charge in [-0.15, -0.1) is 0 Å². The summed E-state index contributed by atoms with van der Waals surface area (Å²) in [5.74, 6) is 0.112. The number of benzene rings is 1. The SMILES string of the molecule is CCOc1c(F)cc(C)cc1CCCN. The third kappa shape index (κ3) is 3.20. The Morgan fingerprint density at radius 3 is 2.73 bits per heavy atom. The molecule has 84 valence electrons. The van der Waals surface area contributed by atoms with E-state index in [9.17, 15) is 4.39 Å². The van der Waals surface area contributed by atoms with E-state index in [2.05, 4.69) is 0 Å². The number of nitrogens with two attached hydrogens (primary N) is 1. The second-order valence-electron chi connectivity index (χ2n) is 3.56. The molecule has 1 aromatic rings. The molecule has 0 spiro atoms. The van der Waals surface area contributed by atoms with Gasteiger partial charge in [-0.2, -0.15) is 0 Å². The fourth-order valence-electron chi connectivity index (χ4n) is 1.59. The second-order valence-corrected chi connectivity index (χ2v) is 3.56. The van der Waals surface area contributed by atoms with Crippen LogP contribution in [-0.2, 0) is 6.42 Å². The summed E-state index contributed by atoms with van der Waals surface area (Å²) >= 11 is 0. The van der Waals surface area contributed by atoms with E-state index in [1.165, 1.54) is 6.07 Å². The Morgan fingerprint density at radius 2 is 2.13 bits per heavy atom. The van der Waals surface area contributed by atoms with Crippen LogP contribution in [0.25, 0.3) is 0 Å². The van der Waals surface area contributed by atoms with Crippen LogP contribution in [-0.4, -0.2) is 13.2 Å². The molecule has 1 rings (SSSR count). The van der Waals surface area contributed by atoms with Crippen LogP contribution in [0.2, 0.25) is 0 Å². The number of halogens is 1. The van der Waals surface area contributed by atoms with Gasteiger partial charge in [-0.1, -0.05) is 6.07 Å². The molecule has 0 amide bonds. The molecule has 0 unspecified atom stereocenters. The van der Waals surface area contributed by atoms with Crippen molar-refractivity contribution in [1.82, 2.24) is 0 Å². The Balaban J connectivity index is 2.97. The van der Waals surface area contributed by atoms with Crippen molar-refractivity contribution in [3.05, 3.63) is 29.1 Å². The Hall–Kier alpha value is -1.09. The molecular formula is C12H18FNO. The molecule has 2 nitrogen and oxygen atoms in total. The van der Waals surface area contributed by atoms with Gasteiger partial charge in [-0.05, 0) is 50.4 Å². The minimum atomic E-state index is -0.274. The summed E-state index contributed by atoms with van der Waals surface area (Å²) in [6.07, 6.45) is 1.62. The van der Waals surface area contributed by atoms with Gasteiger partial charge in [0.15, 0.2) is 11.6 Å². The molecule has 0 aliphatic rings. The molecule has 2 N–H and O–H groups in total. The summed E-state index contributed by atoms with van der Waals surface area (Å²) in [5.41, 5.74) is 7.28. The van der Waals surface area contributed by atoms with E-state index in [0.717, 1.165) is 24.0 Å². The van der Waals surface area contributed by atoms with Gasteiger partial charge in [-0.3, -0.25) is 0 Å². The highest BCUT2D eigenvalue weighted by molar-refractivity contribution is 5.38. The predicted octanol–water partition coefficient (Wildman–Crippen LogP) is 2.42. The van der Waals surface area contributed by atoms with Gasteiger partial charge >= 0.3 is 0 Å². The Morgan fingerprint density at radius 1 is 1.40 bits per heavy atom. The summed E-state index contributed by atoms with van der Waals surface area (Å²) < 4.78 is 18.9. The minimum absolute atomic E-state index is 0.274. The number of hydrogen-bond donors (Lipinski definition) is 1. The first-order chi connectivity index (χ1) is 7.19. The van der Waals surface area contributed by atoms with Gasteiger partial charge in [0.2, 0.25) is 0 Å². The van der Waals surface area contributed by atoms with Crippen LogP contribution in [0.4, 0.5) is 4.39 Å². The van der Waals surface area contributed by atoms with Crippen LogP contribution in [0.5, 0.6) is 5.75 Å². The standard InChI is InChI=1S/C12H18FNO/c1-3-15-12-10(5-4-6-14)7-9(2)8-11(12)13/h7-8H,3-6,14H2,1-2H3. The van der Waals surface area contributed by atoms with Crippen LogP contribution in [0.1, 0.15) is 24.5 Å². The van der Waals surface area contributed by atoms with Crippen LogP contribution in [0, 0.1) is 12.7 Å². The first-order valence-electron chi connectivity index (χ1n) is 5.31. The lowest BCUT2D eigenvalue weighted by molar-refractivity contribution is 0.317. The summed E-state index contributed by atoms with van der Waals surface area (Å²) in [6.45, 7) is 4.83. The van der Waals surface area contributed by atoms with Gasteiger partial charge in [0.05, 0.1) is 6.61 Å². The highest BCUT2D eigenvalue weighted by Gasteiger charge is 2.10. The lowest BCUT2D eigenvalue weighted by atomic mass is 10.1. The van der Waals surface area contributed by atoms with Gasteiger partial charge < -0.3 is 10.5 Å². The monoisotopic (exact) mass is 211 g/mol. The largest absolute Gasteiger partial charge is 0.491 e. The highest BCUT2D eigenvalue weighted by Crippen LogP contribution is 2.25. The molecule has 3 heteroatoms. The zero-order chi connectivity index (χ0) is 11.3. The van der Waals surface area contributed by atoms with Gasteiger partial charge in [-0.25, -0.2) is 4.39 Å². The molecule has 0 saturated heterocycles. The molecule has 0 bridgehead atoms. The van der Waals surface area contributed by atoms with E-state index in [4.69, 9.17) is 10.5 Å². The van der Waals surface area contributed by atoms with Crippen molar-refractivity contribution in [3.63, 3.8) is 0 Å². The third-order valence-corrected chi connectivity index (χ3v) is 2.20. The first kappa shape index (κ1) is 12.0. The van der Waals surface area contributed by atoms with Crippen LogP contribution in [0.15, 0.2) is 12.1 Å². The molecule has 0 aliphatic heterocycles. The second kappa shape index (κ2) is 5.71. The fraction of sp³-hybridized carbons (Fsp3) is 0.500. The predicted molar refractivity (Wildman–Crippen MR) is 59.7 cm³/mol. The van der Waals surface area contributed by atoms with E-state index < -0.39 is 0 Å². The third-order valence-electron chi connectivity index (χ3n) is 2.20. The lowest BCUT2D eigenvalue weighted by Crippen LogP contribution is -2.04. The maximum absolute atomic E-state index is 13.6. The van der Waals surface area contributed by atoms with Crippen molar-refractivity contribution >= 4 is 0 Å². The number of aryl methyl sites for hydroxylation is 2. The van der Waals surface area contributed by atoms with E-state index in [1.54, 1.807) is 0 Å². The average Bonchev–Trinajstić information content (AvgIpc) is 2.19. The maximum atomic E-state index is 13.6. The molecule has 0 aromatic heterocycles. The number of hydrogen-bond acceptors (Lipinski definition) is 2. The molecule has 0 fully saturated rings. The zero-order valence-electron chi connectivity index (χ0n) is 9.35. The average molecular weight is 211 g/mol. The molecule has 0 atom stereocenters. The van der Waals surface area contributed by atoms with E-state index >= 15 is 0 Å². The van der Waals surface area contributed by atoms with E-state index in [0.29, 0.717) is 18.9 Å². The molecule has 1 aromatic carbocycles. The Kier molecular flexibility index (Phi) is 4.56. The summed E-state index contributed by atoms with van der Waals surface area (Å²) in [7, 11) is 0. The molecule has 15 heavy (non-hydrogen) atoms. The van der Waals surface area contributed by atoms with Crippen molar-refractivity contribution in [2.45, 2.75) is 26.7 Å². The van der Waals surface area contributed by atoms with Crippen molar-refractivity contribution in [1.29, 1.82) is 0 Å². The van der Waals surface area contributed by atoms with E-state index in [-0.39, 0.29) is 5.82 Å². The van der Waals surface area contributed by atoms with Crippen molar-refractivity contribution < 1.29 is 9.13 Å².